The van der Waals surface area contributed by atoms with Crippen molar-refractivity contribution in [3.05, 3.63) is 64.1 Å². The van der Waals surface area contributed by atoms with Crippen molar-refractivity contribution in [2.24, 2.45) is 0 Å². The fraction of sp³-hybridized carbons (Fsp3) is 0. The van der Waals surface area contributed by atoms with Gasteiger partial charge in [-0.15, -0.1) is 0 Å². The van der Waals surface area contributed by atoms with Gasteiger partial charge in [-0.3, -0.25) is 4.79 Å². The Bertz CT molecular complexity index is 601. The highest BCUT2D eigenvalue weighted by Gasteiger charge is 2.12. The zero-order valence-corrected chi connectivity index (χ0v) is 10.7. The molecule has 1 N–H and O–H groups in total. The third-order valence-electron chi connectivity index (χ3n) is 2.30. The van der Waals surface area contributed by atoms with Crippen LogP contribution in [0.3, 0.4) is 0 Å². The Morgan fingerprint density at radius 2 is 1.83 bits per heavy atom. The zero-order valence-electron chi connectivity index (χ0n) is 9.08. The van der Waals surface area contributed by atoms with Gasteiger partial charge in [0.05, 0.1) is 11.3 Å². The van der Waals surface area contributed by atoms with E-state index in [-0.39, 0.29) is 11.3 Å². The lowest BCUT2D eigenvalue weighted by molar-refractivity contribution is 0.102. The first-order valence-corrected chi connectivity index (χ1v) is 5.88. The predicted molar refractivity (Wildman–Crippen MR) is 68.5 cm³/mol. The molecule has 2 aromatic rings. The summed E-state index contributed by atoms with van der Waals surface area (Å²) >= 11 is 3.14. The average Bonchev–Trinajstić information content (AvgIpc) is 2.35. The van der Waals surface area contributed by atoms with Gasteiger partial charge in [0.2, 0.25) is 0 Å². The first-order chi connectivity index (χ1) is 8.58. The van der Waals surface area contributed by atoms with Gasteiger partial charge < -0.3 is 5.32 Å². The molecule has 0 aliphatic carbocycles. The van der Waals surface area contributed by atoms with Crippen molar-refractivity contribution < 1.29 is 13.6 Å². The molecular formula is C13H8BrF2NO. The van der Waals surface area contributed by atoms with Crippen LogP contribution in [-0.2, 0) is 0 Å². The van der Waals surface area contributed by atoms with E-state index in [1.165, 1.54) is 30.3 Å². The molecule has 2 rings (SSSR count). The number of halogens is 3. The maximum absolute atomic E-state index is 13.3. The van der Waals surface area contributed by atoms with Gasteiger partial charge in [-0.2, -0.15) is 0 Å². The van der Waals surface area contributed by atoms with Crippen LogP contribution in [0, 0.1) is 11.6 Å². The maximum Gasteiger partial charge on any atom is 0.256 e. The van der Waals surface area contributed by atoms with Crippen LogP contribution >= 0.6 is 15.9 Å². The number of hydrogen-bond donors (Lipinski definition) is 1. The van der Waals surface area contributed by atoms with Gasteiger partial charge in [0.1, 0.15) is 11.6 Å². The average molecular weight is 312 g/mol. The van der Waals surface area contributed by atoms with Gasteiger partial charge in [-0.1, -0.05) is 12.1 Å². The minimum atomic E-state index is -0.577. The number of benzene rings is 2. The molecule has 0 saturated heterocycles. The second-order valence-corrected chi connectivity index (χ2v) is 4.41. The topological polar surface area (TPSA) is 29.1 Å². The van der Waals surface area contributed by atoms with Crippen LogP contribution < -0.4 is 5.32 Å². The van der Waals surface area contributed by atoms with Crippen molar-refractivity contribution in [3.63, 3.8) is 0 Å². The Morgan fingerprint density at radius 3 is 2.56 bits per heavy atom. The van der Waals surface area contributed by atoms with Gasteiger partial charge in [0.25, 0.3) is 5.91 Å². The summed E-state index contributed by atoms with van der Waals surface area (Å²) in [5.41, 5.74) is 0.164. The minimum absolute atomic E-state index is 0.0543. The van der Waals surface area contributed by atoms with Gasteiger partial charge >= 0.3 is 0 Å². The van der Waals surface area contributed by atoms with Crippen molar-refractivity contribution >= 4 is 27.5 Å². The molecule has 1 amide bonds. The molecule has 0 radical (unpaired) electrons. The van der Waals surface area contributed by atoms with Crippen LogP contribution in [0.4, 0.5) is 14.5 Å². The summed E-state index contributed by atoms with van der Waals surface area (Å²) in [6.07, 6.45) is 0. The molecular weight excluding hydrogens is 304 g/mol. The summed E-state index contributed by atoms with van der Waals surface area (Å²) in [5, 5.41) is 2.38. The summed E-state index contributed by atoms with van der Waals surface area (Å²) < 4.78 is 26.8. The monoisotopic (exact) mass is 311 g/mol. The van der Waals surface area contributed by atoms with Crippen molar-refractivity contribution in [2.75, 3.05) is 5.32 Å². The highest BCUT2D eigenvalue weighted by atomic mass is 79.9. The molecule has 92 valence electrons. The van der Waals surface area contributed by atoms with E-state index in [9.17, 15) is 13.6 Å². The van der Waals surface area contributed by atoms with Crippen LogP contribution in [0.25, 0.3) is 0 Å². The van der Waals surface area contributed by atoms with Gasteiger partial charge in [0.15, 0.2) is 0 Å². The largest absolute Gasteiger partial charge is 0.319 e. The smallest absolute Gasteiger partial charge is 0.256 e. The number of anilines is 1. The third-order valence-corrected chi connectivity index (χ3v) is 2.99. The van der Waals surface area contributed by atoms with Crippen LogP contribution in [0.2, 0.25) is 0 Å². The van der Waals surface area contributed by atoms with E-state index in [1.54, 1.807) is 6.07 Å². The molecule has 0 aliphatic heterocycles. The zero-order chi connectivity index (χ0) is 13.1. The van der Waals surface area contributed by atoms with E-state index in [0.717, 1.165) is 6.07 Å². The number of hydrogen-bond acceptors (Lipinski definition) is 1. The maximum atomic E-state index is 13.3. The quantitative estimate of drug-likeness (QED) is 0.893. The summed E-state index contributed by atoms with van der Waals surface area (Å²) in [7, 11) is 0. The lowest BCUT2D eigenvalue weighted by Crippen LogP contribution is -2.13. The van der Waals surface area contributed by atoms with E-state index < -0.39 is 17.5 Å². The van der Waals surface area contributed by atoms with Gasteiger partial charge in [-0.05, 0) is 46.3 Å². The number of nitrogens with one attached hydrogen (secondary N) is 1. The molecule has 0 aliphatic rings. The molecule has 0 unspecified atom stereocenters. The van der Waals surface area contributed by atoms with E-state index in [0.29, 0.717) is 4.47 Å². The molecule has 0 spiro atoms. The van der Waals surface area contributed by atoms with Crippen LogP contribution in [0.1, 0.15) is 10.4 Å². The summed E-state index contributed by atoms with van der Waals surface area (Å²) in [4.78, 5) is 11.9. The third kappa shape index (κ3) is 2.73. The number of amides is 1. The predicted octanol–water partition coefficient (Wildman–Crippen LogP) is 3.98. The Labute approximate surface area is 111 Å². The second kappa shape index (κ2) is 5.27. The number of para-hydroxylation sites is 1. The Morgan fingerprint density at radius 1 is 1.11 bits per heavy atom. The molecule has 5 heteroatoms. The highest BCUT2D eigenvalue weighted by molar-refractivity contribution is 9.10. The first-order valence-electron chi connectivity index (χ1n) is 5.09. The Balaban J connectivity index is 2.28. The second-order valence-electron chi connectivity index (χ2n) is 3.56. The summed E-state index contributed by atoms with van der Waals surface area (Å²) in [6.45, 7) is 0. The van der Waals surface area contributed by atoms with Gasteiger partial charge in [0, 0.05) is 4.47 Å². The first kappa shape index (κ1) is 12.7. The molecule has 0 heterocycles. The lowest BCUT2D eigenvalue weighted by atomic mass is 10.2. The molecule has 2 aromatic carbocycles. The summed E-state index contributed by atoms with van der Waals surface area (Å²) in [5.74, 6) is -1.65. The molecule has 18 heavy (non-hydrogen) atoms. The fourth-order valence-electron chi connectivity index (χ4n) is 1.42. The molecule has 0 bridgehead atoms. The van der Waals surface area contributed by atoms with Crippen molar-refractivity contribution in [2.45, 2.75) is 0 Å². The van der Waals surface area contributed by atoms with Crippen molar-refractivity contribution in [1.82, 2.24) is 0 Å². The number of carbonyl (C=O) groups is 1. The molecule has 0 atom stereocenters. The van der Waals surface area contributed by atoms with E-state index >= 15 is 0 Å². The summed E-state index contributed by atoms with van der Waals surface area (Å²) in [6, 6.07) is 9.51. The fourth-order valence-corrected chi connectivity index (χ4v) is 1.85. The van der Waals surface area contributed by atoms with Gasteiger partial charge in [-0.25, -0.2) is 8.78 Å². The normalized spacial score (nSPS) is 10.2. The van der Waals surface area contributed by atoms with Crippen LogP contribution in [-0.4, -0.2) is 5.91 Å². The lowest BCUT2D eigenvalue weighted by Gasteiger charge is -2.07. The van der Waals surface area contributed by atoms with Crippen molar-refractivity contribution in [1.29, 1.82) is 0 Å². The Kier molecular flexibility index (Phi) is 3.72. The molecule has 0 fully saturated rings. The van der Waals surface area contributed by atoms with E-state index in [2.05, 4.69) is 21.2 Å². The molecule has 0 aromatic heterocycles. The van der Waals surface area contributed by atoms with Crippen LogP contribution in [0.15, 0.2) is 46.9 Å². The number of rotatable bonds is 2. The standard InChI is InChI=1S/C13H8BrF2NO/c14-10-6-5-8(15)7-9(10)13(18)17-12-4-2-1-3-11(12)16/h1-7H,(H,17,18). The van der Waals surface area contributed by atoms with E-state index in [4.69, 9.17) is 0 Å². The van der Waals surface area contributed by atoms with Crippen LogP contribution in [0.5, 0.6) is 0 Å². The highest BCUT2D eigenvalue weighted by Crippen LogP contribution is 2.20. The SMILES string of the molecule is O=C(Nc1ccccc1F)c1cc(F)ccc1Br. The number of carbonyl (C=O) groups excluding carboxylic acids is 1. The minimum Gasteiger partial charge on any atom is -0.319 e. The van der Waals surface area contributed by atoms with E-state index in [1.807, 2.05) is 0 Å². The molecule has 2 nitrogen and oxygen atoms in total. The Hall–Kier alpha value is -1.75. The van der Waals surface area contributed by atoms with Crippen molar-refractivity contribution in [3.8, 4) is 0 Å². The molecule has 0 saturated carbocycles.